The number of amides is 2. The van der Waals surface area contributed by atoms with E-state index in [2.05, 4.69) is 0 Å². The summed E-state index contributed by atoms with van der Waals surface area (Å²) in [7, 11) is 0. The second-order valence-electron chi connectivity index (χ2n) is 7.44. The highest BCUT2D eigenvalue weighted by atomic mass is 19.1. The average Bonchev–Trinajstić information content (AvgIpc) is 2.99. The minimum atomic E-state index is -0.510. The molecule has 2 aromatic carbocycles. The maximum atomic E-state index is 13.8. The van der Waals surface area contributed by atoms with E-state index in [1.54, 1.807) is 30.3 Å². The van der Waals surface area contributed by atoms with Crippen molar-refractivity contribution in [1.29, 1.82) is 0 Å². The molecule has 0 bridgehead atoms. The van der Waals surface area contributed by atoms with Crippen LogP contribution in [-0.4, -0.2) is 49.1 Å². The third kappa shape index (κ3) is 3.80. The van der Waals surface area contributed by atoms with E-state index in [4.69, 9.17) is 9.47 Å². The summed E-state index contributed by atoms with van der Waals surface area (Å²) in [4.78, 5) is 29.6. The van der Waals surface area contributed by atoms with Crippen molar-refractivity contribution in [3.8, 4) is 5.75 Å². The van der Waals surface area contributed by atoms with Crippen LogP contribution in [0.15, 0.2) is 54.2 Å². The molecule has 2 amide bonds. The summed E-state index contributed by atoms with van der Waals surface area (Å²) >= 11 is 0. The number of hydrogen-bond acceptors (Lipinski definition) is 5. The molecule has 0 saturated carbocycles. The summed E-state index contributed by atoms with van der Waals surface area (Å²) in [6.45, 7) is 5.82. The third-order valence-electron chi connectivity index (χ3n) is 4.97. The molecule has 2 aliphatic rings. The highest BCUT2D eigenvalue weighted by Crippen LogP contribution is 2.35. The highest BCUT2D eigenvalue weighted by Gasteiger charge is 2.42. The van der Waals surface area contributed by atoms with Crippen LogP contribution in [0.5, 0.6) is 5.75 Å². The second kappa shape index (κ2) is 8.28. The van der Waals surface area contributed by atoms with Gasteiger partial charge in [0.15, 0.2) is 0 Å². The molecule has 0 aliphatic carbocycles. The van der Waals surface area contributed by atoms with Crippen LogP contribution in [0.25, 0.3) is 5.57 Å². The Hall–Kier alpha value is -3.19. The summed E-state index contributed by atoms with van der Waals surface area (Å²) in [5.41, 5.74) is 1.46. The van der Waals surface area contributed by atoms with Crippen molar-refractivity contribution in [3.63, 3.8) is 0 Å². The first-order valence-electron chi connectivity index (χ1n) is 9.94. The number of carbonyl (C=O) groups is 2. The van der Waals surface area contributed by atoms with Gasteiger partial charge in [0.2, 0.25) is 0 Å². The molecule has 1 fully saturated rings. The monoisotopic (exact) mass is 410 g/mol. The molecular weight excluding hydrogens is 387 g/mol. The van der Waals surface area contributed by atoms with E-state index in [-0.39, 0.29) is 11.8 Å². The van der Waals surface area contributed by atoms with Crippen LogP contribution >= 0.6 is 0 Å². The summed E-state index contributed by atoms with van der Waals surface area (Å²) in [6, 6.07) is 12.6. The fraction of sp³-hybridized carbons (Fsp3) is 0.304. The predicted octanol–water partition coefficient (Wildman–Crippen LogP) is 3.23. The molecule has 6 nitrogen and oxygen atoms in total. The van der Waals surface area contributed by atoms with Crippen molar-refractivity contribution in [2.24, 2.45) is 0 Å². The van der Waals surface area contributed by atoms with Gasteiger partial charge in [0.05, 0.1) is 30.6 Å². The van der Waals surface area contributed by atoms with E-state index in [1.807, 2.05) is 18.7 Å². The number of hydrogen-bond donors (Lipinski definition) is 0. The van der Waals surface area contributed by atoms with Crippen LogP contribution in [0.4, 0.5) is 10.1 Å². The van der Waals surface area contributed by atoms with E-state index in [0.29, 0.717) is 48.9 Å². The molecule has 0 spiro atoms. The summed E-state index contributed by atoms with van der Waals surface area (Å²) in [5, 5.41) is 0. The number of halogens is 1. The first-order chi connectivity index (χ1) is 14.5. The van der Waals surface area contributed by atoms with Crippen molar-refractivity contribution in [1.82, 2.24) is 4.90 Å². The van der Waals surface area contributed by atoms with Crippen molar-refractivity contribution < 1.29 is 23.5 Å². The molecule has 0 atom stereocenters. The Bertz CT molecular complexity index is 995. The van der Waals surface area contributed by atoms with Crippen LogP contribution < -0.4 is 9.64 Å². The molecule has 0 unspecified atom stereocenters. The van der Waals surface area contributed by atoms with Crippen LogP contribution in [0.1, 0.15) is 19.4 Å². The normalized spacial score (nSPS) is 17.3. The van der Waals surface area contributed by atoms with Gasteiger partial charge < -0.3 is 14.4 Å². The average molecular weight is 410 g/mol. The smallest absolute Gasteiger partial charge is 0.282 e. The molecule has 1 saturated heterocycles. The summed E-state index contributed by atoms with van der Waals surface area (Å²) in [5.74, 6) is -0.750. The van der Waals surface area contributed by atoms with Crippen molar-refractivity contribution in [3.05, 3.63) is 65.6 Å². The molecule has 30 heavy (non-hydrogen) atoms. The van der Waals surface area contributed by atoms with Crippen LogP contribution in [0.2, 0.25) is 0 Å². The van der Waals surface area contributed by atoms with Crippen LogP contribution in [0, 0.1) is 5.82 Å². The molecular formula is C23H23FN2O4. The van der Waals surface area contributed by atoms with E-state index >= 15 is 0 Å². The second-order valence-corrected chi connectivity index (χ2v) is 7.44. The maximum Gasteiger partial charge on any atom is 0.282 e. The van der Waals surface area contributed by atoms with Crippen LogP contribution in [-0.2, 0) is 14.3 Å². The topological polar surface area (TPSA) is 59.1 Å². The molecule has 0 N–H and O–H groups in total. The van der Waals surface area contributed by atoms with Gasteiger partial charge >= 0.3 is 0 Å². The Labute approximate surface area is 174 Å². The Kier molecular flexibility index (Phi) is 5.55. The SMILES string of the molecule is CC(C)Oc1ccc(C2=C(N3CCOCC3)C(=O)N(c3cccc(F)c3)C2=O)cc1. The van der Waals surface area contributed by atoms with Crippen molar-refractivity contribution in [2.75, 3.05) is 31.2 Å². The molecule has 4 rings (SSSR count). The Morgan fingerprint density at radius 1 is 1.00 bits per heavy atom. The van der Waals surface area contributed by atoms with Gasteiger partial charge in [-0.15, -0.1) is 0 Å². The Morgan fingerprint density at radius 3 is 2.33 bits per heavy atom. The lowest BCUT2D eigenvalue weighted by Crippen LogP contribution is -2.40. The number of rotatable bonds is 5. The number of anilines is 1. The zero-order chi connectivity index (χ0) is 21.3. The minimum Gasteiger partial charge on any atom is -0.491 e. The Balaban J connectivity index is 1.77. The largest absolute Gasteiger partial charge is 0.491 e. The van der Waals surface area contributed by atoms with Gasteiger partial charge in [-0.2, -0.15) is 0 Å². The molecule has 0 radical (unpaired) electrons. The minimum absolute atomic E-state index is 0.0251. The Morgan fingerprint density at radius 2 is 1.70 bits per heavy atom. The van der Waals surface area contributed by atoms with E-state index < -0.39 is 17.6 Å². The van der Waals surface area contributed by atoms with Gasteiger partial charge in [-0.25, -0.2) is 9.29 Å². The number of imide groups is 1. The third-order valence-corrected chi connectivity index (χ3v) is 4.97. The van der Waals surface area contributed by atoms with Gasteiger partial charge in [-0.1, -0.05) is 18.2 Å². The van der Waals surface area contributed by atoms with Gasteiger partial charge in [0, 0.05) is 13.1 Å². The number of nitrogens with zero attached hydrogens (tertiary/aromatic N) is 2. The van der Waals surface area contributed by atoms with Gasteiger partial charge in [-0.3, -0.25) is 9.59 Å². The lowest BCUT2D eigenvalue weighted by molar-refractivity contribution is -0.121. The molecule has 7 heteroatoms. The van der Waals surface area contributed by atoms with Gasteiger partial charge in [0.25, 0.3) is 11.8 Å². The number of ether oxygens (including phenoxy) is 2. The quantitative estimate of drug-likeness (QED) is 0.709. The van der Waals surface area contributed by atoms with E-state index in [1.165, 1.54) is 18.2 Å². The maximum absolute atomic E-state index is 13.8. The first kappa shape index (κ1) is 20.1. The van der Waals surface area contributed by atoms with Gasteiger partial charge in [-0.05, 0) is 49.7 Å². The predicted molar refractivity (Wildman–Crippen MR) is 110 cm³/mol. The zero-order valence-corrected chi connectivity index (χ0v) is 16.9. The lowest BCUT2D eigenvalue weighted by atomic mass is 10.0. The molecule has 156 valence electrons. The number of benzene rings is 2. The highest BCUT2D eigenvalue weighted by molar-refractivity contribution is 6.45. The zero-order valence-electron chi connectivity index (χ0n) is 16.9. The van der Waals surface area contributed by atoms with Crippen molar-refractivity contribution >= 4 is 23.1 Å². The first-order valence-corrected chi connectivity index (χ1v) is 9.94. The fourth-order valence-corrected chi connectivity index (χ4v) is 3.68. The lowest BCUT2D eigenvalue weighted by Gasteiger charge is -2.29. The van der Waals surface area contributed by atoms with Gasteiger partial charge in [0.1, 0.15) is 17.3 Å². The summed E-state index contributed by atoms with van der Waals surface area (Å²) < 4.78 is 24.9. The van der Waals surface area contributed by atoms with E-state index in [0.717, 1.165) is 4.90 Å². The molecule has 2 heterocycles. The number of morpholine rings is 1. The summed E-state index contributed by atoms with van der Waals surface area (Å²) in [6.07, 6.45) is 0.0251. The molecule has 2 aliphatic heterocycles. The van der Waals surface area contributed by atoms with Crippen LogP contribution in [0.3, 0.4) is 0 Å². The van der Waals surface area contributed by atoms with E-state index in [9.17, 15) is 14.0 Å². The molecule has 0 aromatic heterocycles. The standard InChI is InChI=1S/C23H23FN2O4/c1-15(2)30-19-8-6-16(7-9-19)20-21(25-10-12-29-13-11-25)23(28)26(22(20)27)18-5-3-4-17(24)14-18/h3-9,14-15H,10-13H2,1-2H3. The fourth-order valence-electron chi connectivity index (χ4n) is 3.68. The van der Waals surface area contributed by atoms with Crippen molar-refractivity contribution in [2.45, 2.75) is 20.0 Å². The molecule has 2 aromatic rings. The number of carbonyl (C=O) groups excluding carboxylic acids is 2.